The SMILES string of the molecule is O=C(O)c1ccc(COc2ccc(CO)cc2Br)cc1. The lowest BCUT2D eigenvalue weighted by Crippen LogP contribution is -1.99. The molecule has 2 aromatic carbocycles. The topological polar surface area (TPSA) is 66.8 Å². The fourth-order valence-corrected chi connectivity index (χ4v) is 2.21. The maximum absolute atomic E-state index is 10.7. The van der Waals surface area contributed by atoms with Crippen molar-refractivity contribution >= 4 is 21.9 Å². The molecular weight excluding hydrogens is 324 g/mol. The summed E-state index contributed by atoms with van der Waals surface area (Å²) in [5.74, 6) is -0.274. The number of benzene rings is 2. The number of ether oxygens (including phenoxy) is 1. The highest BCUT2D eigenvalue weighted by atomic mass is 79.9. The number of aromatic carboxylic acids is 1. The normalized spacial score (nSPS) is 10.3. The highest BCUT2D eigenvalue weighted by molar-refractivity contribution is 9.10. The van der Waals surface area contributed by atoms with Gasteiger partial charge in [-0.15, -0.1) is 0 Å². The number of aliphatic hydroxyl groups is 1. The summed E-state index contributed by atoms with van der Waals surface area (Å²) < 4.78 is 6.42. The third kappa shape index (κ3) is 3.59. The van der Waals surface area contributed by atoms with Crippen LogP contribution in [-0.4, -0.2) is 16.2 Å². The molecule has 0 amide bonds. The van der Waals surface area contributed by atoms with E-state index >= 15 is 0 Å². The average Bonchev–Trinajstić information content (AvgIpc) is 2.46. The lowest BCUT2D eigenvalue weighted by Gasteiger charge is -2.09. The fourth-order valence-electron chi connectivity index (χ4n) is 1.66. The number of hydrogen-bond acceptors (Lipinski definition) is 3. The second-order valence-corrected chi connectivity index (χ2v) is 5.07. The fraction of sp³-hybridized carbons (Fsp3) is 0.133. The molecule has 0 aliphatic rings. The van der Waals surface area contributed by atoms with Crippen LogP contribution < -0.4 is 4.74 Å². The van der Waals surface area contributed by atoms with E-state index in [-0.39, 0.29) is 12.2 Å². The maximum atomic E-state index is 10.7. The van der Waals surface area contributed by atoms with Crippen LogP contribution in [0.15, 0.2) is 46.9 Å². The average molecular weight is 337 g/mol. The van der Waals surface area contributed by atoms with Crippen molar-refractivity contribution < 1.29 is 19.7 Å². The summed E-state index contributed by atoms with van der Waals surface area (Å²) in [7, 11) is 0. The van der Waals surface area contributed by atoms with Crippen molar-refractivity contribution in [3.8, 4) is 5.75 Å². The van der Waals surface area contributed by atoms with Crippen LogP contribution in [0.5, 0.6) is 5.75 Å². The molecule has 20 heavy (non-hydrogen) atoms. The summed E-state index contributed by atoms with van der Waals surface area (Å²) in [5, 5.41) is 17.8. The zero-order chi connectivity index (χ0) is 14.5. The zero-order valence-corrected chi connectivity index (χ0v) is 12.1. The minimum absolute atomic E-state index is 0.0183. The molecule has 0 aromatic heterocycles. The molecule has 0 aliphatic heterocycles. The summed E-state index contributed by atoms with van der Waals surface area (Å²) >= 11 is 3.38. The second kappa shape index (κ2) is 6.54. The number of rotatable bonds is 5. The summed E-state index contributed by atoms with van der Waals surface area (Å²) in [6.45, 7) is 0.326. The van der Waals surface area contributed by atoms with Crippen LogP contribution in [0.25, 0.3) is 0 Å². The third-order valence-corrected chi connectivity index (χ3v) is 3.39. The number of carboxylic acids is 1. The summed E-state index contributed by atoms with van der Waals surface area (Å²) in [4.78, 5) is 10.7. The first kappa shape index (κ1) is 14.6. The van der Waals surface area contributed by atoms with E-state index in [0.29, 0.717) is 12.4 Å². The third-order valence-electron chi connectivity index (χ3n) is 2.77. The van der Waals surface area contributed by atoms with Gasteiger partial charge >= 0.3 is 5.97 Å². The summed E-state index contributed by atoms with van der Waals surface area (Å²) in [5.41, 5.74) is 1.94. The van der Waals surface area contributed by atoms with Gasteiger partial charge in [-0.2, -0.15) is 0 Å². The summed E-state index contributed by atoms with van der Waals surface area (Å²) in [6, 6.07) is 11.9. The largest absolute Gasteiger partial charge is 0.488 e. The van der Waals surface area contributed by atoms with E-state index in [4.69, 9.17) is 14.9 Å². The van der Waals surface area contributed by atoms with Crippen molar-refractivity contribution in [3.63, 3.8) is 0 Å². The van der Waals surface area contributed by atoms with Crippen LogP contribution >= 0.6 is 15.9 Å². The molecule has 2 N–H and O–H groups in total. The van der Waals surface area contributed by atoms with Crippen LogP contribution in [0, 0.1) is 0 Å². The van der Waals surface area contributed by atoms with Crippen molar-refractivity contribution in [1.29, 1.82) is 0 Å². The molecule has 0 heterocycles. The van der Waals surface area contributed by atoms with Crippen molar-refractivity contribution in [2.45, 2.75) is 13.2 Å². The van der Waals surface area contributed by atoms with Crippen molar-refractivity contribution in [2.75, 3.05) is 0 Å². The van der Waals surface area contributed by atoms with E-state index in [0.717, 1.165) is 15.6 Å². The molecule has 5 heteroatoms. The molecule has 0 saturated carbocycles. The van der Waals surface area contributed by atoms with Gasteiger partial charge in [0.2, 0.25) is 0 Å². The van der Waals surface area contributed by atoms with E-state index < -0.39 is 5.97 Å². The van der Waals surface area contributed by atoms with Gasteiger partial charge in [-0.05, 0) is 51.3 Å². The Hall–Kier alpha value is -1.85. The molecule has 4 nitrogen and oxygen atoms in total. The predicted octanol–water partition coefficient (Wildman–Crippen LogP) is 3.22. The standard InChI is InChI=1S/C15H13BrO4/c16-13-7-11(8-17)3-6-14(13)20-9-10-1-4-12(5-2-10)15(18)19/h1-7,17H,8-9H2,(H,18,19). The van der Waals surface area contributed by atoms with Crippen molar-refractivity contribution in [1.82, 2.24) is 0 Å². The number of aliphatic hydroxyl groups excluding tert-OH is 1. The Morgan fingerprint density at radius 3 is 2.30 bits per heavy atom. The van der Waals surface area contributed by atoms with Crippen molar-refractivity contribution in [3.05, 3.63) is 63.6 Å². The molecule has 0 unspecified atom stereocenters. The van der Waals surface area contributed by atoms with Gasteiger partial charge in [0, 0.05) is 0 Å². The van der Waals surface area contributed by atoms with Crippen LogP contribution in [0.3, 0.4) is 0 Å². The highest BCUT2D eigenvalue weighted by Crippen LogP contribution is 2.26. The van der Waals surface area contributed by atoms with Gasteiger partial charge in [0.05, 0.1) is 16.6 Å². The smallest absolute Gasteiger partial charge is 0.335 e. The minimum Gasteiger partial charge on any atom is -0.488 e. The van der Waals surface area contributed by atoms with Crippen LogP contribution in [-0.2, 0) is 13.2 Å². The Morgan fingerprint density at radius 1 is 1.10 bits per heavy atom. The second-order valence-electron chi connectivity index (χ2n) is 4.21. The summed E-state index contributed by atoms with van der Waals surface area (Å²) in [6.07, 6.45) is 0. The van der Waals surface area contributed by atoms with Crippen LogP contribution in [0.2, 0.25) is 0 Å². The van der Waals surface area contributed by atoms with Gasteiger partial charge in [-0.3, -0.25) is 0 Å². The number of carbonyl (C=O) groups is 1. The predicted molar refractivity (Wildman–Crippen MR) is 77.8 cm³/mol. The first-order chi connectivity index (χ1) is 9.60. The van der Waals surface area contributed by atoms with Gasteiger partial charge in [-0.1, -0.05) is 18.2 Å². The molecule has 2 rings (SSSR count). The Labute approximate surface area is 124 Å². The lowest BCUT2D eigenvalue weighted by molar-refractivity contribution is 0.0697. The Balaban J connectivity index is 2.03. The van der Waals surface area contributed by atoms with E-state index in [1.54, 1.807) is 42.5 Å². The minimum atomic E-state index is -0.945. The molecule has 0 saturated heterocycles. The van der Waals surface area contributed by atoms with Crippen LogP contribution in [0.4, 0.5) is 0 Å². The van der Waals surface area contributed by atoms with E-state index in [9.17, 15) is 4.79 Å². The number of carboxylic acid groups (broad SMARTS) is 1. The molecule has 0 aliphatic carbocycles. The van der Waals surface area contributed by atoms with E-state index in [1.807, 2.05) is 0 Å². The lowest BCUT2D eigenvalue weighted by atomic mass is 10.1. The molecule has 104 valence electrons. The van der Waals surface area contributed by atoms with Gasteiger partial charge in [0.1, 0.15) is 12.4 Å². The monoisotopic (exact) mass is 336 g/mol. The van der Waals surface area contributed by atoms with Crippen molar-refractivity contribution in [2.24, 2.45) is 0 Å². The maximum Gasteiger partial charge on any atom is 0.335 e. The van der Waals surface area contributed by atoms with Gasteiger partial charge in [0.25, 0.3) is 0 Å². The molecule has 0 radical (unpaired) electrons. The Kier molecular flexibility index (Phi) is 4.76. The molecular formula is C15H13BrO4. The number of hydrogen-bond donors (Lipinski definition) is 2. The zero-order valence-electron chi connectivity index (χ0n) is 10.5. The first-order valence-corrected chi connectivity index (χ1v) is 6.74. The molecule has 0 fully saturated rings. The van der Waals surface area contributed by atoms with E-state index in [1.165, 1.54) is 0 Å². The Morgan fingerprint density at radius 2 is 1.75 bits per heavy atom. The Bertz CT molecular complexity index is 608. The van der Waals surface area contributed by atoms with Gasteiger partial charge in [0.15, 0.2) is 0 Å². The van der Waals surface area contributed by atoms with Crippen LogP contribution in [0.1, 0.15) is 21.5 Å². The highest BCUT2D eigenvalue weighted by Gasteiger charge is 2.05. The van der Waals surface area contributed by atoms with E-state index in [2.05, 4.69) is 15.9 Å². The molecule has 0 bridgehead atoms. The molecule has 0 atom stereocenters. The quantitative estimate of drug-likeness (QED) is 0.879. The van der Waals surface area contributed by atoms with Gasteiger partial charge < -0.3 is 14.9 Å². The number of halogens is 1. The molecule has 2 aromatic rings. The molecule has 0 spiro atoms. The first-order valence-electron chi connectivity index (χ1n) is 5.94. The van der Waals surface area contributed by atoms with Gasteiger partial charge in [-0.25, -0.2) is 4.79 Å².